The van der Waals surface area contributed by atoms with Crippen molar-refractivity contribution in [3.05, 3.63) is 90.0 Å². The lowest BCUT2D eigenvalue weighted by atomic mass is 10.1. The highest BCUT2D eigenvalue weighted by molar-refractivity contribution is 6.07. The van der Waals surface area contributed by atoms with Gasteiger partial charge in [-0.15, -0.1) is 0 Å². The van der Waals surface area contributed by atoms with E-state index < -0.39 is 0 Å². The molecular weight excluding hydrogens is 390 g/mol. The Morgan fingerprint density at radius 3 is 1.97 bits per heavy atom. The van der Waals surface area contributed by atoms with Crippen LogP contribution in [0.4, 0.5) is 11.4 Å². The molecule has 160 valence electrons. The van der Waals surface area contributed by atoms with E-state index in [1.54, 1.807) is 44.2 Å². The zero-order valence-electron chi connectivity index (χ0n) is 17.8. The van der Waals surface area contributed by atoms with E-state index >= 15 is 0 Å². The molecule has 2 aromatic carbocycles. The van der Waals surface area contributed by atoms with Crippen LogP contribution in [0.1, 0.15) is 29.8 Å². The van der Waals surface area contributed by atoms with Crippen LogP contribution < -0.4 is 16.0 Å². The third-order valence-corrected chi connectivity index (χ3v) is 4.28. The van der Waals surface area contributed by atoms with Crippen LogP contribution in [0.2, 0.25) is 0 Å². The highest BCUT2D eigenvalue weighted by Crippen LogP contribution is 2.14. The minimum absolute atomic E-state index is 0.131. The second kappa shape index (κ2) is 11.3. The van der Waals surface area contributed by atoms with E-state index in [4.69, 9.17) is 0 Å². The summed E-state index contributed by atoms with van der Waals surface area (Å²) in [6, 6.07) is 14.3. The Hall–Kier alpha value is -3.93. The molecule has 2 rings (SSSR count). The van der Waals surface area contributed by atoms with E-state index in [9.17, 15) is 14.4 Å². The summed E-state index contributed by atoms with van der Waals surface area (Å²) in [6.45, 7) is 11.6. The van der Waals surface area contributed by atoms with E-state index in [-0.39, 0.29) is 17.6 Å². The first-order valence-electron chi connectivity index (χ1n) is 9.83. The Kier molecular flexibility index (Phi) is 8.52. The number of hydrogen-bond acceptors (Lipinski definition) is 4. The zero-order chi connectivity index (χ0) is 22.8. The van der Waals surface area contributed by atoms with Crippen LogP contribution in [0, 0.1) is 0 Å². The predicted octanol–water partition coefficient (Wildman–Crippen LogP) is 4.20. The van der Waals surface area contributed by atoms with Crippen LogP contribution in [0.5, 0.6) is 0 Å². The summed E-state index contributed by atoms with van der Waals surface area (Å²) in [7, 11) is 0. The van der Waals surface area contributed by atoms with Crippen molar-refractivity contribution in [2.75, 3.05) is 23.7 Å². The molecule has 0 heterocycles. The van der Waals surface area contributed by atoms with Gasteiger partial charge in [-0.05, 0) is 61.9 Å². The number of amides is 2. The molecule has 0 bridgehead atoms. The van der Waals surface area contributed by atoms with Gasteiger partial charge in [0.05, 0.1) is 0 Å². The molecule has 6 nitrogen and oxygen atoms in total. The maximum Gasteiger partial charge on any atom is 0.250 e. The highest BCUT2D eigenvalue weighted by atomic mass is 16.2. The number of carbonyl (C=O) groups excluding carboxylic acids is 3. The molecule has 0 aliphatic heterocycles. The first-order chi connectivity index (χ1) is 14.8. The molecule has 31 heavy (non-hydrogen) atoms. The third-order valence-electron chi connectivity index (χ3n) is 4.28. The Labute approximate surface area is 182 Å². The number of hydrogen-bond donors (Lipinski definition) is 3. The lowest BCUT2D eigenvalue weighted by molar-refractivity contribution is -0.117. The summed E-state index contributed by atoms with van der Waals surface area (Å²) in [5, 5.41) is 8.67. The van der Waals surface area contributed by atoms with E-state index in [0.717, 1.165) is 11.3 Å². The van der Waals surface area contributed by atoms with E-state index in [2.05, 4.69) is 29.1 Å². The molecule has 2 aromatic rings. The van der Waals surface area contributed by atoms with Gasteiger partial charge in [0.2, 0.25) is 5.91 Å². The van der Waals surface area contributed by atoms with Crippen molar-refractivity contribution in [2.45, 2.75) is 13.8 Å². The molecule has 6 heteroatoms. The Morgan fingerprint density at radius 1 is 0.806 bits per heavy atom. The highest BCUT2D eigenvalue weighted by Gasteiger charge is 2.05. The number of anilines is 2. The maximum atomic E-state index is 12.4. The second-order valence-corrected chi connectivity index (χ2v) is 7.09. The number of rotatable bonds is 10. The van der Waals surface area contributed by atoms with Crippen molar-refractivity contribution >= 4 is 35.0 Å². The van der Waals surface area contributed by atoms with Crippen molar-refractivity contribution in [2.24, 2.45) is 0 Å². The predicted molar refractivity (Wildman–Crippen MR) is 126 cm³/mol. The van der Waals surface area contributed by atoms with Crippen molar-refractivity contribution in [3.8, 4) is 0 Å². The van der Waals surface area contributed by atoms with Crippen molar-refractivity contribution in [1.82, 2.24) is 5.32 Å². The van der Waals surface area contributed by atoms with E-state index in [1.165, 1.54) is 6.08 Å². The van der Waals surface area contributed by atoms with Gasteiger partial charge in [-0.25, -0.2) is 0 Å². The fourth-order valence-corrected chi connectivity index (χ4v) is 2.47. The summed E-state index contributed by atoms with van der Waals surface area (Å²) in [4.78, 5) is 35.4. The topological polar surface area (TPSA) is 87.3 Å². The molecule has 0 saturated carbocycles. The average molecular weight is 418 g/mol. The smallest absolute Gasteiger partial charge is 0.250 e. The number of nitrogens with one attached hydrogen (secondary N) is 3. The van der Waals surface area contributed by atoms with Gasteiger partial charge in [-0.3, -0.25) is 14.4 Å². The number of ketones is 1. The lowest BCUT2D eigenvalue weighted by Crippen LogP contribution is -2.28. The fraction of sp³-hybridized carbons (Fsp3) is 0.160. The summed E-state index contributed by atoms with van der Waals surface area (Å²) in [5.41, 5.74) is 3.84. The van der Waals surface area contributed by atoms with E-state index in [1.807, 2.05) is 24.3 Å². The van der Waals surface area contributed by atoms with Gasteiger partial charge in [0.1, 0.15) is 0 Å². The van der Waals surface area contributed by atoms with Crippen LogP contribution in [0.15, 0.2) is 78.9 Å². The van der Waals surface area contributed by atoms with Gasteiger partial charge in [0.25, 0.3) is 5.91 Å². The SMILES string of the molecule is C=C(C)C(=O)NCCNc1ccc(/C=C/C(=O)c2ccc(NC(=O)C(=C)C)cc2)cc1. The quantitative estimate of drug-likeness (QED) is 0.307. The molecule has 0 fully saturated rings. The molecule has 0 radical (unpaired) electrons. The first-order valence-corrected chi connectivity index (χ1v) is 9.83. The molecule has 3 N–H and O–H groups in total. The summed E-state index contributed by atoms with van der Waals surface area (Å²) in [6.07, 6.45) is 3.26. The lowest BCUT2D eigenvalue weighted by Gasteiger charge is -2.08. The first kappa shape index (κ1) is 23.3. The van der Waals surface area contributed by atoms with Gasteiger partial charge in [0, 0.05) is 41.2 Å². The van der Waals surface area contributed by atoms with Crippen molar-refractivity contribution < 1.29 is 14.4 Å². The largest absolute Gasteiger partial charge is 0.383 e. The van der Waals surface area contributed by atoms with Crippen LogP contribution in [0.3, 0.4) is 0 Å². The fourth-order valence-electron chi connectivity index (χ4n) is 2.47. The molecule has 0 aromatic heterocycles. The molecule has 2 amide bonds. The molecule has 0 saturated heterocycles. The molecular formula is C25H27N3O3. The summed E-state index contributed by atoms with van der Waals surface area (Å²) in [5.74, 6) is -0.542. The van der Waals surface area contributed by atoms with Crippen molar-refractivity contribution in [1.29, 1.82) is 0 Å². The van der Waals surface area contributed by atoms with Gasteiger partial charge >= 0.3 is 0 Å². The second-order valence-electron chi connectivity index (χ2n) is 7.09. The van der Waals surface area contributed by atoms with Crippen LogP contribution in [-0.4, -0.2) is 30.7 Å². The summed E-state index contributed by atoms with van der Waals surface area (Å²) < 4.78 is 0. The maximum absolute atomic E-state index is 12.4. The van der Waals surface area contributed by atoms with Gasteiger partial charge in [-0.1, -0.05) is 31.4 Å². The molecule has 0 aliphatic rings. The number of allylic oxidation sites excluding steroid dienone is 1. The Bertz CT molecular complexity index is 1000. The van der Waals surface area contributed by atoms with Gasteiger partial charge in [0.15, 0.2) is 5.78 Å². The molecule has 0 aliphatic carbocycles. The molecule has 0 unspecified atom stereocenters. The number of carbonyl (C=O) groups is 3. The van der Waals surface area contributed by atoms with Gasteiger partial charge in [-0.2, -0.15) is 0 Å². The van der Waals surface area contributed by atoms with E-state index in [0.29, 0.717) is 35.5 Å². The summed E-state index contributed by atoms with van der Waals surface area (Å²) >= 11 is 0. The molecule has 0 spiro atoms. The third kappa shape index (κ3) is 7.78. The van der Waals surface area contributed by atoms with Crippen LogP contribution >= 0.6 is 0 Å². The molecule has 0 atom stereocenters. The number of benzene rings is 2. The van der Waals surface area contributed by atoms with Gasteiger partial charge < -0.3 is 16.0 Å². The zero-order valence-corrected chi connectivity index (χ0v) is 17.8. The monoisotopic (exact) mass is 417 g/mol. The minimum Gasteiger partial charge on any atom is -0.383 e. The van der Waals surface area contributed by atoms with Crippen molar-refractivity contribution in [3.63, 3.8) is 0 Å². The average Bonchev–Trinajstić information content (AvgIpc) is 2.76. The Balaban J connectivity index is 1.85. The van der Waals surface area contributed by atoms with Crippen LogP contribution in [-0.2, 0) is 9.59 Å². The standard InChI is InChI=1S/C25H27N3O3/c1-17(2)24(30)27-16-15-26-21-10-5-19(6-11-21)7-14-23(29)20-8-12-22(13-9-20)28-25(31)18(3)4/h5-14,26H,1,3,15-16H2,2,4H3,(H,27,30)(H,28,31)/b14-7+. The van der Waals surface area contributed by atoms with Crippen LogP contribution in [0.25, 0.3) is 6.08 Å². The normalized spacial score (nSPS) is 10.4. The minimum atomic E-state index is -0.256. The Morgan fingerprint density at radius 2 is 1.39 bits per heavy atom.